The minimum Gasteiger partial charge on any atom is -0.380 e. The van der Waals surface area contributed by atoms with E-state index in [1.54, 1.807) is 0 Å². The summed E-state index contributed by atoms with van der Waals surface area (Å²) >= 11 is 0. The number of nitrogen functional groups attached to an aromatic ring is 1. The molecule has 2 aromatic heterocycles. The molecule has 2 rings (SSSR count). The number of anilines is 1. The number of rotatable bonds is 0. The summed E-state index contributed by atoms with van der Waals surface area (Å²) in [6.07, 6.45) is 1.82. The lowest BCUT2D eigenvalue weighted by Crippen LogP contribution is -2.13. The van der Waals surface area contributed by atoms with Crippen LogP contribution in [0.4, 0.5) is 5.82 Å². The summed E-state index contributed by atoms with van der Waals surface area (Å²) < 4.78 is 5.25. The molecule has 2 aromatic rings. The Bertz CT molecular complexity index is 508. The lowest BCUT2D eigenvalue weighted by atomic mass is 9.90. The van der Waals surface area contributed by atoms with Crippen molar-refractivity contribution in [1.29, 1.82) is 0 Å². The van der Waals surface area contributed by atoms with Gasteiger partial charge >= 0.3 is 0 Å². The number of hydrogen-bond donors (Lipinski definition) is 1. The highest BCUT2D eigenvalue weighted by atomic mass is 16.5. The Morgan fingerprint density at radius 1 is 1.33 bits per heavy atom. The van der Waals surface area contributed by atoms with E-state index in [9.17, 15) is 0 Å². The van der Waals surface area contributed by atoms with E-state index in [2.05, 4.69) is 30.9 Å². The second-order valence-corrected chi connectivity index (χ2v) is 4.81. The van der Waals surface area contributed by atoms with Gasteiger partial charge < -0.3 is 10.3 Å². The molecule has 0 aliphatic heterocycles. The molecule has 4 nitrogen and oxygen atoms in total. The molecule has 0 aromatic carbocycles. The van der Waals surface area contributed by atoms with Gasteiger partial charge in [0.1, 0.15) is 0 Å². The maximum Gasteiger partial charge on any atom is 0.191 e. The fraction of sp³-hybridized carbons (Fsp3) is 0.455. The first-order chi connectivity index (χ1) is 6.91. The first-order valence-corrected chi connectivity index (χ1v) is 4.92. The van der Waals surface area contributed by atoms with Crippen LogP contribution < -0.4 is 5.73 Å². The predicted octanol–water partition coefficient (Wildman–Crippen LogP) is 2.41. The average molecular weight is 205 g/mol. The molecule has 0 bridgehead atoms. The van der Waals surface area contributed by atoms with E-state index in [1.807, 2.05) is 13.1 Å². The topological polar surface area (TPSA) is 64.9 Å². The third-order valence-electron chi connectivity index (χ3n) is 2.43. The number of fused-ring (bicyclic) bond motifs is 1. The van der Waals surface area contributed by atoms with Crippen molar-refractivity contribution in [3.05, 3.63) is 17.5 Å². The maximum absolute atomic E-state index is 5.76. The highest BCUT2D eigenvalue weighted by molar-refractivity contribution is 5.91. The van der Waals surface area contributed by atoms with Gasteiger partial charge in [-0.2, -0.15) is 0 Å². The monoisotopic (exact) mass is 205 g/mol. The van der Waals surface area contributed by atoms with Gasteiger partial charge in [0.25, 0.3) is 0 Å². The Morgan fingerprint density at radius 3 is 2.60 bits per heavy atom. The van der Waals surface area contributed by atoms with Gasteiger partial charge in [-0.1, -0.05) is 25.9 Å². The summed E-state index contributed by atoms with van der Waals surface area (Å²) in [4.78, 5) is 4.40. The second kappa shape index (κ2) is 2.95. The van der Waals surface area contributed by atoms with Gasteiger partial charge in [0.2, 0.25) is 0 Å². The number of pyridine rings is 1. The van der Waals surface area contributed by atoms with Gasteiger partial charge in [0.15, 0.2) is 11.4 Å². The number of nitrogens with two attached hydrogens (primary N) is 1. The average Bonchev–Trinajstić information content (AvgIpc) is 2.47. The highest BCUT2D eigenvalue weighted by Gasteiger charge is 2.23. The van der Waals surface area contributed by atoms with Crippen LogP contribution in [-0.2, 0) is 5.41 Å². The van der Waals surface area contributed by atoms with Crippen LogP contribution in [-0.4, -0.2) is 10.1 Å². The fourth-order valence-electron chi connectivity index (χ4n) is 1.66. The molecule has 0 atom stereocenters. The molecule has 0 aliphatic rings. The Labute approximate surface area is 88.5 Å². The minimum absolute atomic E-state index is 0.0715. The zero-order chi connectivity index (χ0) is 11.2. The molecule has 4 heteroatoms. The first kappa shape index (κ1) is 9.96. The van der Waals surface area contributed by atoms with Crippen LogP contribution in [0.1, 0.15) is 32.0 Å². The Morgan fingerprint density at radius 2 is 2.00 bits per heavy atom. The fourth-order valence-corrected chi connectivity index (χ4v) is 1.66. The number of hydrogen-bond acceptors (Lipinski definition) is 4. The summed E-state index contributed by atoms with van der Waals surface area (Å²) in [6.45, 7) is 8.21. The molecule has 0 saturated heterocycles. The molecule has 2 N–H and O–H groups in total. The van der Waals surface area contributed by atoms with Crippen LogP contribution in [0.3, 0.4) is 0 Å². The second-order valence-electron chi connectivity index (χ2n) is 4.81. The molecule has 0 saturated carbocycles. The Balaban J connectivity index is 2.85. The summed E-state index contributed by atoms with van der Waals surface area (Å²) in [5, 5.41) is 4.68. The van der Waals surface area contributed by atoms with Crippen LogP contribution >= 0.6 is 0 Å². The standard InChI is InChI=1S/C11H15N3O/c1-6-5-13-9(11(2,3)4)8-7(6)10(12)14-15-8/h5H,1-4H3,(H2,12,14). The van der Waals surface area contributed by atoms with Crippen LogP contribution in [0.5, 0.6) is 0 Å². The van der Waals surface area contributed by atoms with Gasteiger partial charge in [-0.3, -0.25) is 4.98 Å². The summed E-state index contributed by atoms with van der Waals surface area (Å²) in [5.41, 5.74) is 8.29. The zero-order valence-corrected chi connectivity index (χ0v) is 9.46. The third kappa shape index (κ3) is 1.46. The molecule has 0 amide bonds. The third-order valence-corrected chi connectivity index (χ3v) is 2.43. The minimum atomic E-state index is -0.0715. The van der Waals surface area contributed by atoms with Crippen molar-refractivity contribution in [3.8, 4) is 0 Å². The SMILES string of the molecule is Cc1cnc(C(C)(C)C)c2onc(N)c12. The van der Waals surface area contributed by atoms with E-state index in [4.69, 9.17) is 10.3 Å². The molecular formula is C11H15N3O. The zero-order valence-electron chi connectivity index (χ0n) is 9.46. The molecule has 2 heterocycles. The molecule has 15 heavy (non-hydrogen) atoms. The van der Waals surface area contributed by atoms with E-state index in [0.717, 1.165) is 16.6 Å². The van der Waals surface area contributed by atoms with Crippen molar-refractivity contribution in [1.82, 2.24) is 10.1 Å². The van der Waals surface area contributed by atoms with Crippen molar-refractivity contribution in [2.45, 2.75) is 33.1 Å². The molecule has 0 fully saturated rings. The van der Waals surface area contributed by atoms with Crippen molar-refractivity contribution < 1.29 is 4.52 Å². The summed E-state index contributed by atoms with van der Waals surface area (Å²) in [6, 6.07) is 0. The summed E-state index contributed by atoms with van der Waals surface area (Å²) in [7, 11) is 0. The smallest absolute Gasteiger partial charge is 0.191 e. The maximum atomic E-state index is 5.76. The van der Waals surface area contributed by atoms with Gasteiger partial charge in [0.05, 0.1) is 11.1 Å². The molecule has 0 spiro atoms. The quantitative estimate of drug-likeness (QED) is 0.717. The van der Waals surface area contributed by atoms with Crippen LogP contribution in [0.15, 0.2) is 10.7 Å². The van der Waals surface area contributed by atoms with Crippen molar-refractivity contribution in [2.24, 2.45) is 0 Å². The van der Waals surface area contributed by atoms with Crippen molar-refractivity contribution in [3.63, 3.8) is 0 Å². The lowest BCUT2D eigenvalue weighted by molar-refractivity contribution is 0.446. The van der Waals surface area contributed by atoms with E-state index < -0.39 is 0 Å². The van der Waals surface area contributed by atoms with E-state index >= 15 is 0 Å². The van der Waals surface area contributed by atoms with Gasteiger partial charge in [-0.25, -0.2) is 0 Å². The molecule has 0 aliphatic carbocycles. The number of nitrogens with zero attached hydrogens (tertiary/aromatic N) is 2. The Kier molecular flexibility index (Phi) is 1.96. The number of aromatic nitrogens is 2. The lowest BCUT2D eigenvalue weighted by Gasteiger charge is -2.17. The van der Waals surface area contributed by atoms with E-state index in [-0.39, 0.29) is 5.41 Å². The van der Waals surface area contributed by atoms with Crippen LogP contribution in [0.25, 0.3) is 11.0 Å². The van der Waals surface area contributed by atoms with Crippen molar-refractivity contribution >= 4 is 16.8 Å². The van der Waals surface area contributed by atoms with E-state index in [0.29, 0.717) is 11.4 Å². The molecular weight excluding hydrogens is 190 g/mol. The van der Waals surface area contributed by atoms with Gasteiger partial charge in [-0.05, 0) is 12.5 Å². The highest BCUT2D eigenvalue weighted by Crippen LogP contribution is 2.32. The largest absolute Gasteiger partial charge is 0.380 e. The van der Waals surface area contributed by atoms with Gasteiger partial charge in [-0.15, -0.1) is 0 Å². The van der Waals surface area contributed by atoms with Gasteiger partial charge in [0, 0.05) is 11.6 Å². The molecule has 0 unspecified atom stereocenters. The molecule has 80 valence electrons. The van der Waals surface area contributed by atoms with Crippen LogP contribution in [0, 0.1) is 6.92 Å². The normalized spacial score (nSPS) is 12.3. The van der Waals surface area contributed by atoms with Crippen molar-refractivity contribution in [2.75, 3.05) is 5.73 Å². The predicted molar refractivity (Wildman–Crippen MR) is 59.7 cm³/mol. The van der Waals surface area contributed by atoms with Crippen LogP contribution in [0.2, 0.25) is 0 Å². The summed E-state index contributed by atoms with van der Waals surface area (Å²) in [5.74, 6) is 0.440. The molecule has 0 radical (unpaired) electrons. The Hall–Kier alpha value is -1.58. The van der Waals surface area contributed by atoms with E-state index in [1.165, 1.54) is 0 Å². The first-order valence-electron chi connectivity index (χ1n) is 4.92. The number of aryl methyl sites for hydroxylation is 1.